The van der Waals surface area contributed by atoms with Crippen molar-refractivity contribution in [1.82, 2.24) is 5.32 Å². The Kier molecular flexibility index (Phi) is 4.66. The van der Waals surface area contributed by atoms with Crippen LogP contribution in [0.5, 0.6) is 0 Å². The van der Waals surface area contributed by atoms with E-state index >= 15 is 0 Å². The van der Waals surface area contributed by atoms with Crippen molar-refractivity contribution in [3.05, 3.63) is 33.9 Å². The Morgan fingerprint density at radius 2 is 1.81 bits per heavy atom. The van der Waals surface area contributed by atoms with Crippen LogP contribution in [0.15, 0.2) is 18.2 Å². The van der Waals surface area contributed by atoms with Gasteiger partial charge in [0.05, 0.1) is 4.92 Å². The minimum atomic E-state index is -0.428. The molecule has 5 rings (SSSR count). The van der Waals surface area contributed by atoms with Crippen LogP contribution in [0.2, 0.25) is 0 Å². The number of non-ortho nitro benzene ring substituents is 1. The first-order valence-electron chi connectivity index (χ1n) is 9.68. The van der Waals surface area contributed by atoms with E-state index in [4.69, 9.17) is 12.2 Å². The molecule has 4 aliphatic rings. The summed E-state index contributed by atoms with van der Waals surface area (Å²) in [6.45, 7) is 1.77. The monoisotopic (exact) mass is 387 g/mol. The number of rotatable bonds is 4. The van der Waals surface area contributed by atoms with Gasteiger partial charge >= 0.3 is 0 Å². The van der Waals surface area contributed by atoms with Gasteiger partial charge in [-0.05, 0) is 92.5 Å². The van der Waals surface area contributed by atoms with E-state index in [1.54, 1.807) is 13.0 Å². The molecule has 4 aliphatic carbocycles. The maximum absolute atomic E-state index is 12.6. The van der Waals surface area contributed by atoms with Crippen molar-refractivity contribution in [2.45, 2.75) is 51.9 Å². The van der Waals surface area contributed by atoms with Crippen molar-refractivity contribution in [3.63, 3.8) is 0 Å². The maximum Gasteiger partial charge on any atom is 0.269 e. The fourth-order valence-corrected chi connectivity index (χ4v) is 6.30. The van der Waals surface area contributed by atoms with Gasteiger partial charge in [-0.1, -0.05) is 0 Å². The number of aryl methyl sites for hydroxylation is 1. The Hall–Kier alpha value is -2.02. The van der Waals surface area contributed by atoms with Crippen LogP contribution in [-0.2, 0) is 4.79 Å². The van der Waals surface area contributed by atoms with Crippen molar-refractivity contribution < 1.29 is 9.72 Å². The molecule has 0 saturated heterocycles. The summed E-state index contributed by atoms with van der Waals surface area (Å²) in [6, 6.07) is 4.53. The lowest BCUT2D eigenvalue weighted by Gasteiger charge is -2.56. The number of carbonyl (C=O) groups is 1. The number of nitrogens with one attached hydrogen (secondary N) is 2. The summed E-state index contributed by atoms with van der Waals surface area (Å²) in [5.74, 6) is 2.43. The summed E-state index contributed by atoms with van der Waals surface area (Å²) in [5.41, 5.74) is 1.59. The first-order chi connectivity index (χ1) is 12.8. The molecule has 0 atom stereocenters. The molecule has 7 heteroatoms. The van der Waals surface area contributed by atoms with Crippen LogP contribution in [0.25, 0.3) is 0 Å². The summed E-state index contributed by atoms with van der Waals surface area (Å²) in [6.07, 6.45) is 8.20. The molecule has 6 nitrogen and oxygen atoms in total. The second-order valence-electron chi connectivity index (χ2n) is 8.85. The molecule has 144 valence electrons. The maximum atomic E-state index is 12.6. The van der Waals surface area contributed by atoms with Crippen LogP contribution in [0.1, 0.15) is 50.5 Å². The standard InChI is InChI=1S/C20H25N3O3S/c1-12-4-16(23(25)26)2-3-17(12)21-19(27)22-18(24)11-20-8-13-5-14(9-20)7-15(6-13)10-20/h2-4,13-15H,5-11H2,1H3,(H2,21,22,24,27). The first kappa shape index (κ1) is 18.3. The summed E-state index contributed by atoms with van der Waals surface area (Å²) < 4.78 is 0. The lowest BCUT2D eigenvalue weighted by atomic mass is 9.49. The van der Waals surface area contributed by atoms with Crippen molar-refractivity contribution in [2.24, 2.45) is 23.2 Å². The van der Waals surface area contributed by atoms with E-state index < -0.39 is 4.92 Å². The van der Waals surface area contributed by atoms with Gasteiger partial charge in [0.25, 0.3) is 5.69 Å². The zero-order valence-electron chi connectivity index (χ0n) is 15.5. The van der Waals surface area contributed by atoms with Crippen LogP contribution in [0.4, 0.5) is 11.4 Å². The molecule has 27 heavy (non-hydrogen) atoms. The average Bonchev–Trinajstić information content (AvgIpc) is 2.54. The molecule has 0 radical (unpaired) electrons. The Morgan fingerprint density at radius 1 is 1.22 bits per heavy atom. The highest BCUT2D eigenvalue weighted by molar-refractivity contribution is 7.80. The van der Waals surface area contributed by atoms with E-state index in [0.717, 1.165) is 17.8 Å². The number of carbonyl (C=O) groups excluding carboxylic acids is 1. The number of benzene rings is 1. The predicted molar refractivity (Wildman–Crippen MR) is 107 cm³/mol. The topological polar surface area (TPSA) is 84.3 Å². The van der Waals surface area contributed by atoms with E-state index in [9.17, 15) is 14.9 Å². The number of hydrogen-bond acceptors (Lipinski definition) is 4. The van der Waals surface area contributed by atoms with Crippen molar-refractivity contribution in [1.29, 1.82) is 0 Å². The Morgan fingerprint density at radius 3 is 2.33 bits per heavy atom. The molecule has 2 N–H and O–H groups in total. The highest BCUT2D eigenvalue weighted by Crippen LogP contribution is 2.61. The third-order valence-electron chi connectivity index (χ3n) is 6.62. The van der Waals surface area contributed by atoms with Gasteiger partial charge in [0.1, 0.15) is 0 Å². The van der Waals surface area contributed by atoms with Crippen molar-refractivity contribution >= 4 is 34.6 Å². The van der Waals surface area contributed by atoms with Gasteiger partial charge in [0.2, 0.25) is 5.91 Å². The number of hydrogen-bond donors (Lipinski definition) is 2. The number of anilines is 1. The molecular formula is C20H25N3O3S. The number of nitro groups is 1. The molecule has 0 unspecified atom stereocenters. The molecule has 0 aromatic heterocycles. The molecule has 1 aromatic carbocycles. The normalized spacial score (nSPS) is 30.8. The Bertz CT molecular complexity index is 772. The van der Waals surface area contributed by atoms with Gasteiger partial charge < -0.3 is 10.6 Å². The molecule has 0 spiro atoms. The summed E-state index contributed by atoms with van der Waals surface area (Å²) >= 11 is 5.29. The lowest BCUT2D eigenvalue weighted by Crippen LogP contribution is -2.48. The predicted octanol–water partition coefficient (Wildman–Crippen LogP) is 4.32. The highest BCUT2D eigenvalue weighted by atomic mass is 32.1. The van der Waals surface area contributed by atoms with Gasteiger partial charge in [0.15, 0.2) is 5.11 Å². The minimum absolute atomic E-state index is 0.0194. The number of nitro benzene ring substituents is 1. The molecule has 4 saturated carbocycles. The fourth-order valence-electron chi connectivity index (χ4n) is 6.07. The molecule has 1 amide bonds. The van der Waals surface area contributed by atoms with E-state index in [1.807, 2.05) is 0 Å². The molecule has 4 bridgehead atoms. The summed E-state index contributed by atoms with van der Waals surface area (Å²) in [4.78, 5) is 23.0. The quantitative estimate of drug-likeness (QED) is 0.456. The molecule has 1 aromatic rings. The van der Waals surface area contributed by atoms with E-state index in [1.165, 1.54) is 50.7 Å². The third-order valence-corrected chi connectivity index (χ3v) is 6.83. The largest absolute Gasteiger partial charge is 0.332 e. The van der Waals surface area contributed by atoms with Crippen molar-refractivity contribution in [3.8, 4) is 0 Å². The lowest BCUT2D eigenvalue weighted by molar-refractivity contribution is -0.384. The number of thiocarbonyl (C=S) groups is 1. The van der Waals surface area contributed by atoms with E-state index in [2.05, 4.69) is 10.6 Å². The van der Waals surface area contributed by atoms with Crippen LogP contribution in [0.3, 0.4) is 0 Å². The summed E-state index contributed by atoms with van der Waals surface area (Å²) in [7, 11) is 0. The fraction of sp³-hybridized carbons (Fsp3) is 0.600. The Labute approximate surface area is 164 Å². The van der Waals surface area contributed by atoms with E-state index in [0.29, 0.717) is 17.7 Å². The second kappa shape index (κ2) is 6.86. The van der Waals surface area contributed by atoms with Crippen LogP contribution in [-0.4, -0.2) is 15.9 Å². The zero-order valence-corrected chi connectivity index (χ0v) is 16.3. The highest BCUT2D eigenvalue weighted by Gasteiger charge is 2.51. The molecule has 0 aliphatic heterocycles. The molecule has 4 fully saturated rings. The van der Waals surface area contributed by atoms with E-state index in [-0.39, 0.29) is 22.1 Å². The van der Waals surface area contributed by atoms with Gasteiger partial charge in [-0.2, -0.15) is 0 Å². The van der Waals surface area contributed by atoms with Crippen LogP contribution >= 0.6 is 12.2 Å². The smallest absolute Gasteiger partial charge is 0.269 e. The van der Waals surface area contributed by atoms with Gasteiger partial charge in [-0.25, -0.2) is 0 Å². The van der Waals surface area contributed by atoms with Gasteiger partial charge in [-0.3, -0.25) is 14.9 Å². The second-order valence-corrected chi connectivity index (χ2v) is 9.26. The summed E-state index contributed by atoms with van der Waals surface area (Å²) in [5, 5.41) is 16.9. The number of amides is 1. The average molecular weight is 388 g/mol. The first-order valence-corrected chi connectivity index (χ1v) is 10.1. The zero-order chi connectivity index (χ0) is 19.2. The molecular weight excluding hydrogens is 362 g/mol. The van der Waals surface area contributed by atoms with Gasteiger partial charge in [-0.15, -0.1) is 0 Å². The molecule has 0 heterocycles. The Balaban J connectivity index is 1.35. The van der Waals surface area contributed by atoms with Crippen LogP contribution < -0.4 is 10.6 Å². The van der Waals surface area contributed by atoms with Crippen LogP contribution in [0, 0.1) is 40.2 Å². The minimum Gasteiger partial charge on any atom is -0.332 e. The van der Waals surface area contributed by atoms with Gasteiger partial charge in [0, 0.05) is 24.2 Å². The number of nitrogens with zero attached hydrogens (tertiary/aromatic N) is 1. The van der Waals surface area contributed by atoms with Crippen molar-refractivity contribution in [2.75, 3.05) is 5.32 Å². The third kappa shape index (κ3) is 3.83. The SMILES string of the molecule is Cc1cc([N+](=O)[O-])ccc1NC(=S)NC(=O)CC12CC3CC(CC(C3)C1)C2.